The molecule has 1 aliphatic heterocycles. The molecule has 1 saturated heterocycles. The van der Waals surface area contributed by atoms with E-state index in [2.05, 4.69) is 27.8 Å². The number of hydrogen-bond acceptors (Lipinski definition) is 4. The fourth-order valence-corrected chi connectivity index (χ4v) is 6.25. The second-order valence-electron chi connectivity index (χ2n) is 5.50. The van der Waals surface area contributed by atoms with Gasteiger partial charge in [0.15, 0.2) is 0 Å². The molecule has 3 nitrogen and oxygen atoms in total. The Morgan fingerprint density at radius 2 is 1.95 bits per heavy atom. The fourth-order valence-electron chi connectivity index (χ4n) is 3.03. The molecule has 1 aromatic rings. The van der Waals surface area contributed by atoms with Crippen LogP contribution in [0.15, 0.2) is 9.27 Å². The van der Waals surface area contributed by atoms with Crippen molar-refractivity contribution >= 4 is 39.5 Å². The fraction of sp³-hybridized carbons (Fsp3) is 0.714. The molecule has 0 aromatic carbocycles. The summed E-state index contributed by atoms with van der Waals surface area (Å²) in [7, 11) is 0. The third-order valence-corrected chi connectivity index (χ3v) is 7.97. The van der Waals surface area contributed by atoms with Gasteiger partial charge in [-0.15, -0.1) is 11.8 Å². The highest BCUT2D eigenvalue weighted by Gasteiger charge is 2.29. The first-order valence-corrected chi connectivity index (χ1v) is 10.1. The van der Waals surface area contributed by atoms with Crippen LogP contribution in [0.4, 0.5) is 0 Å². The first-order chi connectivity index (χ1) is 9.66. The van der Waals surface area contributed by atoms with Gasteiger partial charge in [-0.1, -0.05) is 19.8 Å². The molecule has 1 saturated carbocycles. The summed E-state index contributed by atoms with van der Waals surface area (Å²) in [5.41, 5.74) is 0.977. The summed E-state index contributed by atoms with van der Waals surface area (Å²) in [6.45, 7) is 2.23. The van der Waals surface area contributed by atoms with Crippen molar-refractivity contribution in [2.75, 3.05) is 11.5 Å². The lowest BCUT2D eigenvalue weighted by atomic mass is 10.0. The Morgan fingerprint density at radius 3 is 2.65 bits per heavy atom. The molecule has 1 aliphatic carbocycles. The monoisotopic (exact) mass is 374 g/mol. The molecule has 110 valence electrons. The topological polar surface area (TPSA) is 45.8 Å². The Hall–Kier alpha value is 0.0600. The number of H-pyrrole nitrogens is 1. The predicted molar refractivity (Wildman–Crippen MR) is 90.9 cm³/mol. The van der Waals surface area contributed by atoms with E-state index in [4.69, 9.17) is 4.98 Å². The van der Waals surface area contributed by atoms with Crippen molar-refractivity contribution in [3.05, 3.63) is 26.3 Å². The molecule has 2 fully saturated rings. The summed E-state index contributed by atoms with van der Waals surface area (Å²) in [5.74, 6) is 3.67. The van der Waals surface area contributed by atoms with Crippen LogP contribution in [0.25, 0.3) is 0 Å². The van der Waals surface area contributed by atoms with Gasteiger partial charge < -0.3 is 4.98 Å². The molecule has 0 bridgehead atoms. The predicted octanol–water partition coefficient (Wildman–Crippen LogP) is 4.10. The van der Waals surface area contributed by atoms with Crippen molar-refractivity contribution in [2.45, 2.75) is 49.0 Å². The Morgan fingerprint density at radius 1 is 1.25 bits per heavy atom. The lowest BCUT2D eigenvalue weighted by Gasteiger charge is -2.27. The third kappa shape index (κ3) is 2.97. The Bertz CT molecular complexity index is 542. The van der Waals surface area contributed by atoms with Gasteiger partial charge >= 0.3 is 0 Å². The van der Waals surface area contributed by atoms with Gasteiger partial charge in [-0.2, -0.15) is 11.8 Å². The summed E-state index contributed by atoms with van der Waals surface area (Å²) in [6, 6.07) is 0. The van der Waals surface area contributed by atoms with Crippen LogP contribution in [-0.4, -0.2) is 26.7 Å². The number of rotatable bonds is 2. The highest BCUT2D eigenvalue weighted by Crippen LogP contribution is 2.42. The van der Waals surface area contributed by atoms with Gasteiger partial charge in [0.05, 0.1) is 10.9 Å². The smallest absolute Gasteiger partial charge is 0.265 e. The van der Waals surface area contributed by atoms with E-state index in [0.29, 0.717) is 20.9 Å². The van der Waals surface area contributed by atoms with E-state index >= 15 is 0 Å². The summed E-state index contributed by atoms with van der Waals surface area (Å²) in [5, 5.41) is 0.823. The normalized spacial score (nSPS) is 27.9. The van der Waals surface area contributed by atoms with Gasteiger partial charge in [-0.3, -0.25) is 4.79 Å². The van der Waals surface area contributed by atoms with E-state index in [1.165, 1.54) is 18.6 Å². The summed E-state index contributed by atoms with van der Waals surface area (Å²) in [4.78, 5) is 20.1. The maximum atomic E-state index is 12.2. The minimum absolute atomic E-state index is 0.0136. The Labute approximate surface area is 136 Å². The molecule has 2 unspecified atom stereocenters. The van der Waals surface area contributed by atoms with Crippen molar-refractivity contribution in [1.29, 1.82) is 0 Å². The van der Waals surface area contributed by atoms with E-state index < -0.39 is 0 Å². The van der Waals surface area contributed by atoms with Crippen molar-refractivity contribution in [3.8, 4) is 0 Å². The summed E-state index contributed by atoms with van der Waals surface area (Å²) in [6.07, 6.45) is 4.84. The van der Waals surface area contributed by atoms with Crippen LogP contribution in [0.1, 0.15) is 55.3 Å². The number of aromatic amines is 1. The van der Waals surface area contributed by atoms with Gasteiger partial charge in [0, 0.05) is 22.7 Å². The van der Waals surface area contributed by atoms with Crippen LogP contribution in [0, 0.1) is 0 Å². The third-order valence-electron chi connectivity index (χ3n) is 4.11. The summed E-state index contributed by atoms with van der Waals surface area (Å²) < 4.78 is 0.647. The first kappa shape index (κ1) is 15.0. The zero-order valence-electron chi connectivity index (χ0n) is 11.5. The molecular formula is C14H19BrN2OS2. The van der Waals surface area contributed by atoms with E-state index in [9.17, 15) is 4.79 Å². The molecule has 2 heterocycles. The van der Waals surface area contributed by atoms with E-state index in [0.717, 1.165) is 30.1 Å². The van der Waals surface area contributed by atoms with Gasteiger partial charge in [-0.05, 0) is 28.8 Å². The molecule has 0 spiro atoms. The van der Waals surface area contributed by atoms with Crippen LogP contribution in [-0.2, 0) is 0 Å². The number of halogens is 1. The van der Waals surface area contributed by atoms with E-state index in [-0.39, 0.29) is 5.56 Å². The average Bonchev–Trinajstić information content (AvgIpc) is 2.96. The molecule has 1 aromatic heterocycles. The molecule has 3 rings (SSSR count). The van der Waals surface area contributed by atoms with Crippen molar-refractivity contribution in [1.82, 2.24) is 9.97 Å². The quantitative estimate of drug-likeness (QED) is 0.846. The lowest BCUT2D eigenvalue weighted by molar-refractivity contribution is 0.669. The highest BCUT2D eigenvalue weighted by atomic mass is 79.9. The van der Waals surface area contributed by atoms with Gasteiger partial charge in [0.2, 0.25) is 0 Å². The molecule has 2 aliphatic rings. The SMILES string of the molecule is CC1SCCSC1c1nc(C2CCCC2)c(Br)c(=O)[nH]1. The Kier molecular flexibility index (Phi) is 4.82. The molecule has 1 N–H and O–H groups in total. The molecule has 2 atom stereocenters. The molecular weight excluding hydrogens is 356 g/mol. The zero-order valence-corrected chi connectivity index (χ0v) is 14.7. The van der Waals surface area contributed by atoms with Gasteiger partial charge in [0.25, 0.3) is 5.56 Å². The van der Waals surface area contributed by atoms with Crippen molar-refractivity contribution in [2.24, 2.45) is 0 Å². The molecule has 0 amide bonds. The van der Waals surface area contributed by atoms with Gasteiger partial charge in [0.1, 0.15) is 10.3 Å². The highest BCUT2D eigenvalue weighted by molar-refractivity contribution is 9.10. The number of nitrogens with zero attached hydrogens (tertiary/aromatic N) is 1. The minimum Gasteiger partial charge on any atom is -0.309 e. The lowest BCUT2D eigenvalue weighted by Crippen LogP contribution is -2.24. The van der Waals surface area contributed by atoms with Crippen LogP contribution in [0.5, 0.6) is 0 Å². The van der Waals surface area contributed by atoms with Crippen molar-refractivity contribution < 1.29 is 0 Å². The molecule has 20 heavy (non-hydrogen) atoms. The van der Waals surface area contributed by atoms with E-state index in [1.807, 2.05) is 23.5 Å². The van der Waals surface area contributed by atoms with Crippen molar-refractivity contribution in [3.63, 3.8) is 0 Å². The van der Waals surface area contributed by atoms with Crippen LogP contribution >= 0.6 is 39.5 Å². The summed E-state index contributed by atoms with van der Waals surface area (Å²) >= 11 is 7.34. The number of aromatic nitrogens is 2. The number of hydrogen-bond donors (Lipinski definition) is 1. The standard InChI is InChI=1S/C14H19BrN2OS2/c1-8-12(20-7-6-19-8)13-16-11(9-4-2-3-5-9)10(15)14(18)17-13/h8-9,12H,2-7H2,1H3,(H,16,17,18). The number of nitrogens with one attached hydrogen (secondary N) is 1. The zero-order chi connectivity index (χ0) is 14.1. The van der Waals surface area contributed by atoms with Crippen LogP contribution in [0.3, 0.4) is 0 Å². The molecule has 0 radical (unpaired) electrons. The van der Waals surface area contributed by atoms with Gasteiger partial charge in [-0.25, -0.2) is 4.98 Å². The maximum absolute atomic E-state index is 12.2. The average molecular weight is 375 g/mol. The Balaban J connectivity index is 1.97. The van der Waals surface area contributed by atoms with E-state index in [1.54, 1.807) is 0 Å². The second-order valence-corrected chi connectivity index (χ2v) is 9.03. The maximum Gasteiger partial charge on any atom is 0.265 e. The minimum atomic E-state index is -0.0136. The van der Waals surface area contributed by atoms with Crippen LogP contribution < -0.4 is 5.56 Å². The van der Waals surface area contributed by atoms with Crippen LogP contribution in [0.2, 0.25) is 0 Å². The first-order valence-electron chi connectivity index (χ1n) is 7.19. The second kappa shape index (κ2) is 6.44. The molecule has 6 heteroatoms. The largest absolute Gasteiger partial charge is 0.309 e. The number of thioether (sulfide) groups is 2.